The fourth-order valence-electron chi connectivity index (χ4n) is 4.21. The first-order valence-corrected chi connectivity index (χ1v) is 11.3. The number of methoxy groups -OCH3 is 2. The van der Waals surface area contributed by atoms with Crippen molar-refractivity contribution in [2.75, 3.05) is 24.9 Å². The van der Waals surface area contributed by atoms with Gasteiger partial charge in [0.25, 0.3) is 5.91 Å². The van der Waals surface area contributed by atoms with Crippen LogP contribution in [0.25, 0.3) is 11.4 Å². The van der Waals surface area contributed by atoms with Crippen LogP contribution in [-0.2, 0) is 4.79 Å². The minimum atomic E-state index is -0.587. The highest BCUT2D eigenvalue weighted by molar-refractivity contribution is 6.06. The molecule has 5 rings (SSSR count). The van der Waals surface area contributed by atoms with Gasteiger partial charge in [-0.2, -0.15) is 4.98 Å². The summed E-state index contributed by atoms with van der Waals surface area (Å²) in [7, 11) is 3.17. The second kappa shape index (κ2) is 9.46. The second-order valence-corrected chi connectivity index (χ2v) is 8.24. The maximum Gasteiger partial charge on any atom is 0.255 e. The van der Waals surface area contributed by atoms with Crippen molar-refractivity contribution in [1.82, 2.24) is 14.8 Å². The van der Waals surface area contributed by atoms with Gasteiger partial charge in [-0.1, -0.05) is 24.3 Å². The Balaban J connectivity index is 1.58. The molecule has 2 heterocycles. The summed E-state index contributed by atoms with van der Waals surface area (Å²) < 4.78 is 12.3. The average molecular weight is 484 g/mol. The summed E-state index contributed by atoms with van der Waals surface area (Å²) in [4.78, 5) is 18.4. The van der Waals surface area contributed by atoms with Crippen LogP contribution in [0.4, 0.5) is 11.6 Å². The molecule has 1 amide bonds. The number of aromatic nitrogens is 3. The molecule has 0 bridgehead atoms. The van der Waals surface area contributed by atoms with Gasteiger partial charge in [0, 0.05) is 11.3 Å². The Labute approximate surface area is 208 Å². The van der Waals surface area contributed by atoms with E-state index in [4.69, 9.17) is 19.6 Å². The third kappa shape index (κ3) is 4.22. The Kier molecular flexibility index (Phi) is 6.03. The molecule has 182 valence electrons. The highest BCUT2D eigenvalue weighted by atomic mass is 16.5. The summed E-state index contributed by atoms with van der Waals surface area (Å²) in [5.41, 5.74) is 3.23. The number of hydrogen-bond donors (Lipinski definition) is 3. The summed E-state index contributed by atoms with van der Waals surface area (Å²) >= 11 is 0. The number of amides is 1. The first-order valence-electron chi connectivity index (χ1n) is 11.3. The lowest BCUT2D eigenvalue weighted by atomic mass is 9.95. The van der Waals surface area contributed by atoms with E-state index >= 15 is 0 Å². The van der Waals surface area contributed by atoms with Gasteiger partial charge in [0.1, 0.15) is 23.3 Å². The molecular weight excluding hydrogens is 458 g/mol. The molecule has 4 aromatic rings. The number of anilines is 2. The zero-order valence-electron chi connectivity index (χ0n) is 20.0. The highest BCUT2D eigenvalue weighted by Crippen LogP contribution is 2.38. The van der Waals surface area contributed by atoms with E-state index in [-0.39, 0.29) is 11.7 Å². The molecule has 1 atom stereocenters. The summed E-state index contributed by atoms with van der Waals surface area (Å²) in [5, 5.41) is 20.8. The van der Waals surface area contributed by atoms with Crippen molar-refractivity contribution in [3.63, 3.8) is 0 Å². The number of benzene rings is 3. The molecule has 1 aromatic heterocycles. The van der Waals surface area contributed by atoms with Gasteiger partial charge in [-0.25, -0.2) is 4.68 Å². The molecule has 1 aliphatic rings. The first-order chi connectivity index (χ1) is 17.5. The molecule has 0 saturated heterocycles. The standard InChI is InChI=1S/C27H25N5O4/c1-16-23(26(34)29-21-6-4-5-7-22(21)36-3)24(17-8-12-19(33)13-9-17)32-27(28-16)30-25(31-32)18-10-14-20(35-2)15-11-18/h4-15,24,33H,1-3H3,(H,29,34)(H,28,30,31)/t24-/m0/s1. The number of carbonyl (C=O) groups excluding carboxylic acids is 1. The molecule has 0 unspecified atom stereocenters. The lowest BCUT2D eigenvalue weighted by Crippen LogP contribution is -2.31. The number of ether oxygens (including phenoxy) is 2. The molecule has 0 fully saturated rings. The van der Waals surface area contributed by atoms with Crippen LogP contribution in [0.5, 0.6) is 17.2 Å². The van der Waals surface area contributed by atoms with E-state index in [9.17, 15) is 9.90 Å². The molecule has 36 heavy (non-hydrogen) atoms. The number of allylic oxidation sites excluding steroid dienone is 1. The quantitative estimate of drug-likeness (QED) is 0.368. The maximum atomic E-state index is 13.7. The molecule has 0 spiro atoms. The summed E-state index contributed by atoms with van der Waals surface area (Å²) in [6.07, 6.45) is 0. The zero-order valence-corrected chi connectivity index (χ0v) is 20.0. The van der Waals surface area contributed by atoms with E-state index in [1.807, 2.05) is 43.3 Å². The first kappa shape index (κ1) is 23.0. The van der Waals surface area contributed by atoms with Crippen molar-refractivity contribution in [3.8, 4) is 28.6 Å². The molecule has 3 N–H and O–H groups in total. The summed E-state index contributed by atoms with van der Waals surface area (Å²) in [5.74, 6) is 2.11. The summed E-state index contributed by atoms with van der Waals surface area (Å²) in [6.45, 7) is 1.83. The van der Waals surface area contributed by atoms with Gasteiger partial charge in [0.05, 0.1) is 25.5 Å². The van der Waals surface area contributed by atoms with E-state index in [0.29, 0.717) is 34.5 Å². The minimum Gasteiger partial charge on any atom is -0.508 e. The summed E-state index contributed by atoms with van der Waals surface area (Å²) in [6, 6.07) is 20.8. The normalized spacial score (nSPS) is 14.6. The largest absolute Gasteiger partial charge is 0.508 e. The Morgan fingerprint density at radius 1 is 1.00 bits per heavy atom. The van der Waals surface area contributed by atoms with Gasteiger partial charge in [0.15, 0.2) is 5.82 Å². The van der Waals surface area contributed by atoms with Crippen LogP contribution in [-0.4, -0.2) is 40.0 Å². The smallest absolute Gasteiger partial charge is 0.255 e. The number of nitrogens with zero attached hydrogens (tertiary/aromatic N) is 3. The van der Waals surface area contributed by atoms with Crippen molar-refractivity contribution in [3.05, 3.63) is 89.6 Å². The second-order valence-electron chi connectivity index (χ2n) is 8.24. The average Bonchev–Trinajstić information content (AvgIpc) is 3.32. The number of hydrogen-bond acceptors (Lipinski definition) is 7. The topological polar surface area (TPSA) is 111 Å². The molecule has 0 aliphatic carbocycles. The third-order valence-corrected chi connectivity index (χ3v) is 6.01. The number of aromatic hydroxyl groups is 1. The van der Waals surface area contributed by atoms with E-state index < -0.39 is 6.04 Å². The van der Waals surface area contributed by atoms with E-state index in [1.54, 1.807) is 55.3 Å². The van der Waals surface area contributed by atoms with E-state index in [2.05, 4.69) is 10.6 Å². The van der Waals surface area contributed by atoms with E-state index in [0.717, 1.165) is 16.9 Å². The maximum absolute atomic E-state index is 13.7. The van der Waals surface area contributed by atoms with Crippen LogP contribution in [0.3, 0.4) is 0 Å². The van der Waals surface area contributed by atoms with Crippen LogP contribution in [0, 0.1) is 0 Å². The van der Waals surface area contributed by atoms with Gasteiger partial charge in [0.2, 0.25) is 5.95 Å². The number of carbonyl (C=O) groups is 1. The van der Waals surface area contributed by atoms with Crippen LogP contribution >= 0.6 is 0 Å². The van der Waals surface area contributed by atoms with Crippen molar-refractivity contribution in [1.29, 1.82) is 0 Å². The minimum absolute atomic E-state index is 0.131. The highest BCUT2D eigenvalue weighted by Gasteiger charge is 2.34. The SMILES string of the molecule is COc1ccc(-c2nc3n(n2)[C@@H](c2ccc(O)cc2)C(C(=O)Nc2ccccc2OC)=C(C)N3)cc1. The number of phenolic OH excluding ortho intramolecular Hbond substituents is 1. The molecule has 3 aromatic carbocycles. The lowest BCUT2D eigenvalue weighted by molar-refractivity contribution is -0.113. The number of nitrogens with one attached hydrogen (secondary N) is 2. The van der Waals surface area contributed by atoms with E-state index in [1.165, 1.54) is 0 Å². The molecule has 0 saturated carbocycles. The molecule has 9 heteroatoms. The van der Waals surface area contributed by atoms with Gasteiger partial charge < -0.3 is 25.2 Å². The fourth-order valence-corrected chi connectivity index (χ4v) is 4.21. The number of rotatable bonds is 6. The Bertz CT molecular complexity index is 1440. The Hall–Kier alpha value is -4.79. The van der Waals surface area contributed by atoms with Gasteiger partial charge >= 0.3 is 0 Å². The zero-order chi connectivity index (χ0) is 25.2. The predicted molar refractivity (Wildman–Crippen MR) is 136 cm³/mol. The van der Waals surface area contributed by atoms with Crippen LogP contribution in [0.15, 0.2) is 84.1 Å². The van der Waals surface area contributed by atoms with Gasteiger partial charge in [-0.3, -0.25) is 4.79 Å². The molecular formula is C27H25N5O4. The monoisotopic (exact) mass is 483 g/mol. The van der Waals surface area contributed by atoms with Crippen LogP contribution in [0.2, 0.25) is 0 Å². The van der Waals surface area contributed by atoms with Crippen LogP contribution in [0.1, 0.15) is 18.5 Å². The molecule has 1 aliphatic heterocycles. The van der Waals surface area contributed by atoms with Crippen molar-refractivity contribution < 1.29 is 19.4 Å². The third-order valence-electron chi connectivity index (χ3n) is 6.01. The van der Waals surface area contributed by atoms with Gasteiger partial charge in [-0.15, -0.1) is 5.10 Å². The fraction of sp³-hybridized carbons (Fsp3) is 0.148. The predicted octanol–water partition coefficient (Wildman–Crippen LogP) is 4.60. The van der Waals surface area contributed by atoms with Crippen molar-refractivity contribution in [2.24, 2.45) is 0 Å². The van der Waals surface area contributed by atoms with Crippen molar-refractivity contribution >= 4 is 17.5 Å². The Morgan fingerprint density at radius 2 is 1.72 bits per heavy atom. The van der Waals surface area contributed by atoms with Gasteiger partial charge in [-0.05, 0) is 61.0 Å². The Morgan fingerprint density at radius 3 is 2.42 bits per heavy atom. The van der Waals surface area contributed by atoms with Crippen molar-refractivity contribution in [2.45, 2.75) is 13.0 Å². The molecule has 0 radical (unpaired) electrons. The lowest BCUT2D eigenvalue weighted by Gasteiger charge is -2.28. The van der Waals surface area contributed by atoms with Crippen LogP contribution < -0.4 is 20.1 Å². The number of para-hydroxylation sites is 2. The number of phenols is 1. The number of fused-ring (bicyclic) bond motifs is 1. The molecule has 9 nitrogen and oxygen atoms in total.